The third-order valence-electron chi connectivity index (χ3n) is 3.69. The van der Waals surface area contributed by atoms with Crippen LogP contribution in [0, 0.1) is 6.92 Å². The molecule has 0 atom stereocenters. The molecule has 0 saturated carbocycles. The van der Waals surface area contributed by atoms with Crippen molar-refractivity contribution in [2.75, 3.05) is 26.2 Å². The van der Waals surface area contributed by atoms with E-state index in [9.17, 15) is 4.79 Å². The van der Waals surface area contributed by atoms with Crippen molar-refractivity contribution < 1.29 is 4.79 Å². The number of amides is 1. The van der Waals surface area contributed by atoms with Crippen LogP contribution in [0.5, 0.6) is 0 Å². The number of aryl methyl sites for hydroxylation is 1. The smallest absolute Gasteiger partial charge is 0.222 e. The number of carbonyl (C=O) groups excluding carboxylic acids is 1. The minimum atomic E-state index is 0.300. The highest BCUT2D eigenvalue weighted by atomic mass is 79.9. The standard InChI is InChI=1S/C15H21BrN2O/c1-12-13(4-2-6-14(12)16)5-3-7-15(19)18-10-8-17-9-11-18/h2,4,6,17H,3,5,7-11H2,1H3. The fraction of sp³-hybridized carbons (Fsp3) is 0.533. The Morgan fingerprint density at radius 1 is 1.37 bits per heavy atom. The van der Waals surface area contributed by atoms with Crippen LogP contribution >= 0.6 is 15.9 Å². The van der Waals surface area contributed by atoms with Crippen LogP contribution in [-0.4, -0.2) is 37.0 Å². The minimum Gasteiger partial charge on any atom is -0.340 e. The van der Waals surface area contributed by atoms with Crippen LogP contribution in [-0.2, 0) is 11.2 Å². The lowest BCUT2D eigenvalue weighted by molar-refractivity contribution is -0.131. The Labute approximate surface area is 123 Å². The third kappa shape index (κ3) is 4.05. The van der Waals surface area contributed by atoms with Crippen molar-refractivity contribution >= 4 is 21.8 Å². The summed E-state index contributed by atoms with van der Waals surface area (Å²) in [4.78, 5) is 14.0. The van der Waals surface area contributed by atoms with Crippen LogP contribution in [0.3, 0.4) is 0 Å². The first-order valence-electron chi connectivity index (χ1n) is 6.91. The van der Waals surface area contributed by atoms with Crippen molar-refractivity contribution in [2.24, 2.45) is 0 Å². The van der Waals surface area contributed by atoms with Gasteiger partial charge in [-0.2, -0.15) is 0 Å². The normalized spacial score (nSPS) is 15.6. The molecule has 1 aromatic carbocycles. The second-order valence-electron chi connectivity index (χ2n) is 5.01. The van der Waals surface area contributed by atoms with E-state index in [4.69, 9.17) is 0 Å². The van der Waals surface area contributed by atoms with Crippen LogP contribution in [0.4, 0.5) is 0 Å². The van der Waals surface area contributed by atoms with E-state index in [1.165, 1.54) is 11.1 Å². The van der Waals surface area contributed by atoms with E-state index < -0.39 is 0 Å². The maximum atomic E-state index is 12.0. The molecule has 1 N–H and O–H groups in total. The van der Waals surface area contributed by atoms with Gasteiger partial charge in [-0.15, -0.1) is 0 Å². The zero-order valence-corrected chi connectivity index (χ0v) is 13.0. The lowest BCUT2D eigenvalue weighted by Gasteiger charge is -2.27. The molecule has 2 rings (SSSR count). The minimum absolute atomic E-state index is 0.300. The van der Waals surface area contributed by atoms with Crippen molar-refractivity contribution in [1.82, 2.24) is 10.2 Å². The van der Waals surface area contributed by atoms with Crippen LogP contribution in [0.1, 0.15) is 24.0 Å². The van der Waals surface area contributed by atoms with Crippen LogP contribution in [0.25, 0.3) is 0 Å². The van der Waals surface area contributed by atoms with Gasteiger partial charge in [0.05, 0.1) is 0 Å². The third-order valence-corrected chi connectivity index (χ3v) is 4.55. The van der Waals surface area contributed by atoms with Crippen molar-refractivity contribution in [3.05, 3.63) is 33.8 Å². The molecule has 104 valence electrons. The summed E-state index contributed by atoms with van der Waals surface area (Å²) in [5.41, 5.74) is 2.62. The number of halogens is 1. The summed E-state index contributed by atoms with van der Waals surface area (Å²) in [7, 11) is 0. The van der Waals surface area contributed by atoms with Crippen LogP contribution in [0.2, 0.25) is 0 Å². The molecule has 1 saturated heterocycles. The summed E-state index contributed by atoms with van der Waals surface area (Å²) >= 11 is 3.55. The van der Waals surface area contributed by atoms with Gasteiger partial charge in [0.25, 0.3) is 0 Å². The number of benzene rings is 1. The Morgan fingerprint density at radius 2 is 2.11 bits per heavy atom. The number of piperazine rings is 1. The van der Waals surface area contributed by atoms with E-state index in [1.54, 1.807) is 0 Å². The first-order valence-corrected chi connectivity index (χ1v) is 7.70. The fourth-order valence-electron chi connectivity index (χ4n) is 2.43. The molecular weight excluding hydrogens is 304 g/mol. The number of hydrogen-bond donors (Lipinski definition) is 1. The monoisotopic (exact) mass is 324 g/mol. The Bertz CT molecular complexity index is 442. The average molecular weight is 325 g/mol. The van der Waals surface area contributed by atoms with Gasteiger partial charge in [-0.1, -0.05) is 28.1 Å². The van der Waals surface area contributed by atoms with Gasteiger partial charge >= 0.3 is 0 Å². The number of hydrogen-bond acceptors (Lipinski definition) is 2. The molecule has 1 fully saturated rings. The summed E-state index contributed by atoms with van der Waals surface area (Å²) in [6.07, 6.45) is 2.56. The van der Waals surface area contributed by atoms with Crippen molar-refractivity contribution in [1.29, 1.82) is 0 Å². The van der Waals surface area contributed by atoms with E-state index in [0.717, 1.165) is 43.5 Å². The maximum absolute atomic E-state index is 12.0. The number of nitrogens with zero attached hydrogens (tertiary/aromatic N) is 1. The first-order chi connectivity index (χ1) is 9.18. The van der Waals surface area contributed by atoms with Gasteiger partial charge in [-0.05, 0) is 37.0 Å². The van der Waals surface area contributed by atoms with Gasteiger partial charge in [0.1, 0.15) is 0 Å². The molecule has 0 aliphatic carbocycles. The van der Waals surface area contributed by atoms with Gasteiger partial charge < -0.3 is 10.2 Å². The van der Waals surface area contributed by atoms with Gasteiger partial charge in [0.2, 0.25) is 5.91 Å². The Kier molecular flexibility index (Phi) is 5.40. The van der Waals surface area contributed by atoms with E-state index >= 15 is 0 Å². The summed E-state index contributed by atoms with van der Waals surface area (Å²) in [6, 6.07) is 6.27. The predicted octanol–water partition coefficient (Wildman–Crippen LogP) is 2.51. The van der Waals surface area contributed by atoms with Crippen molar-refractivity contribution in [3.63, 3.8) is 0 Å². The highest BCUT2D eigenvalue weighted by Crippen LogP contribution is 2.20. The van der Waals surface area contributed by atoms with Crippen molar-refractivity contribution in [3.8, 4) is 0 Å². The van der Waals surface area contributed by atoms with E-state index in [-0.39, 0.29) is 0 Å². The second kappa shape index (κ2) is 7.06. The van der Waals surface area contributed by atoms with Crippen LogP contribution in [0.15, 0.2) is 22.7 Å². The summed E-state index contributed by atoms with van der Waals surface area (Å²) < 4.78 is 1.15. The molecule has 3 nitrogen and oxygen atoms in total. The quantitative estimate of drug-likeness (QED) is 0.923. The summed E-state index contributed by atoms with van der Waals surface area (Å²) in [5.74, 6) is 0.300. The molecule has 0 aromatic heterocycles. The zero-order chi connectivity index (χ0) is 13.7. The molecule has 1 aromatic rings. The molecule has 1 heterocycles. The first kappa shape index (κ1) is 14.5. The fourth-order valence-corrected chi connectivity index (χ4v) is 2.83. The Hall–Kier alpha value is -0.870. The van der Waals surface area contributed by atoms with Gasteiger partial charge in [-0.25, -0.2) is 0 Å². The van der Waals surface area contributed by atoms with E-state index in [2.05, 4.69) is 46.4 Å². The molecule has 0 unspecified atom stereocenters. The van der Waals surface area contributed by atoms with Gasteiger partial charge in [0.15, 0.2) is 0 Å². The predicted molar refractivity (Wildman–Crippen MR) is 81.3 cm³/mol. The van der Waals surface area contributed by atoms with Crippen molar-refractivity contribution in [2.45, 2.75) is 26.2 Å². The molecule has 0 spiro atoms. The molecule has 0 radical (unpaired) electrons. The van der Waals surface area contributed by atoms with Gasteiger partial charge in [0, 0.05) is 37.1 Å². The largest absolute Gasteiger partial charge is 0.340 e. The van der Waals surface area contributed by atoms with E-state index in [0.29, 0.717) is 12.3 Å². The highest BCUT2D eigenvalue weighted by Gasteiger charge is 2.15. The summed E-state index contributed by atoms with van der Waals surface area (Å²) in [6.45, 7) is 5.69. The Morgan fingerprint density at radius 3 is 2.84 bits per heavy atom. The molecule has 19 heavy (non-hydrogen) atoms. The van der Waals surface area contributed by atoms with Gasteiger partial charge in [-0.3, -0.25) is 4.79 Å². The topological polar surface area (TPSA) is 32.3 Å². The van der Waals surface area contributed by atoms with E-state index in [1.807, 2.05) is 4.90 Å². The SMILES string of the molecule is Cc1c(Br)cccc1CCCC(=O)N1CCNCC1. The lowest BCUT2D eigenvalue weighted by atomic mass is 10.0. The Balaban J connectivity index is 1.79. The average Bonchev–Trinajstić information content (AvgIpc) is 2.44. The molecule has 1 aliphatic heterocycles. The maximum Gasteiger partial charge on any atom is 0.222 e. The number of nitrogens with one attached hydrogen (secondary N) is 1. The molecule has 1 amide bonds. The number of carbonyl (C=O) groups is 1. The zero-order valence-electron chi connectivity index (χ0n) is 11.4. The molecule has 1 aliphatic rings. The lowest BCUT2D eigenvalue weighted by Crippen LogP contribution is -2.46. The second-order valence-corrected chi connectivity index (χ2v) is 5.86. The number of rotatable bonds is 4. The summed E-state index contributed by atoms with van der Waals surface area (Å²) in [5, 5.41) is 3.27. The molecule has 4 heteroatoms. The molecule has 0 bridgehead atoms. The van der Waals surface area contributed by atoms with Crippen LogP contribution < -0.4 is 5.32 Å². The highest BCUT2D eigenvalue weighted by molar-refractivity contribution is 9.10. The molecular formula is C15H21BrN2O.